The highest BCUT2D eigenvalue weighted by Crippen LogP contribution is 2.13. The molecular formula is C14H14O4S2. The number of rotatable bonds is 5. The zero-order valence-corrected chi connectivity index (χ0v) is 12.5. The normalized spacial score (nSPS) is 11.2. The number of esters is 1. The molecule has 0 atom stereocenters. The van der Waals surface area contributed by atoms with Gasteiger partial charge >= 0.3 is 5.97 Å². The molecule has 0 amide bonds. The fourth-order valence-electron chi connectivity index (χ4n) is 1.64. The second kappa shape index (κ2) is 6.19. The molecule has 0 aliphatic rings. The third-order valence-corrected chi connectivity index (χ3v) is 4.71. The maximum Gasteiger partial charge on any atom is 0.338 e. The Bertz CT molecular complexity index is 688. The molecule has 0 fully saturated rings. The van der Waals surface area contributed by atoms with Gasteiger partial charge in [0.15, 0.2) is 9.84 Å². The molecule has 1 heterocycles. The van der Waals surface area contributed by atoms with Crippen molar-refractivity contribution in [2.24, 2.45) is 0 Å². The molecule has 0 radical (unpaired) electrons. The van der Waals surface area contributed by atoms with E-state index in [2.05, 4.69) is 0 Å². The lowest BCUT2D eigenvalue weighted by atomic mass is 10.2. The van der Waals surface area contributed by atoms with E-state index in [4.69, 9.17) is 4.74 Å². The predicted octanol–water partition coefficient (Wildman–Crippen LogP) is 2.55. The summed E-state index contributed by atoms with van der Waals surface area (Å²) in [6.07, 6.45) is 1.77. The monoisotopic (exact) mass is 310 g/mol. The summed E-state index contributed by atoms with van der Waals surface area (Å²) in [5.41, 5.74) is 0.249. The molecule has 2 aromatic rings. The summed E-state index contributed by atoms with van der Waals surface area (Å²) in [5.74, 6) is -0.507. The van der Waals surface area contributed by atoms with Crippen LogP contribution in [0, 0.1) is 0 Å². The molecule has 6 heteroatoms. The van der Waals surface area contributed by atoms with Crippen LogP contribution in [0.15, 0.2) is 46.7 Å². The first-order chi connectivity index (χ1) is 9.47. The molecule has 0 bridgehead atoms. The van der Waals surface area contributed by atoms with Gasteiger partial charge < -0.3 is 4.74 Å². The highest BCUT2D eigenvalue weighted by atomic mass is 32.2. The summed E-state index contributed by atoms with van der Waals surface area (Å²) >= 11 is 1.61. The van der Waals surface area contributed by atoms with Gasteiger partial charge in [-0.05, 0) is 29.6 Å². The predicted molar refractivity (Wildman–Crippen MR) is 77.9 cm³/mol. The van der Waals surface area contributed by atoms with Crippen molar-refractivity contribution in [1.29, 1.82) is 0 Å². The van der Waals surface area contributed by atoms with Crippen LogP contribution in [-0.2, 0) is 21.0 Å². The second-order valence-corrected chi connectivity index (χ2v) is 7.31. The molecule has 1 aromatic carbocycles. The summed E-state index contributed by atoms with van der Waals surface area (Å²) in [4.78, 5) is 13.1. The van der Waals surface area contributed by atoms with E-state index in [0.29, 0.717) is 6.42 Å². The molecule has 1 aromatic heterocycles. The van der Waals surface area contributed by atoms with Crippen LogP contribution in [0.3, 0.4) is 0 Å². The molecule has 0 saturated heterocycles. The van der Waals surface area contributed by atoms with Crippen LogP contribution in [-0.4, -0.2) is 27.2 Å². The molecule has 0 N–H and O–H groups in total. The maximum absolute atomic E-state index is 11.8. The first-order valence-corrected chi connectivity index (χ1v) is 8.73. The largest absolute Gasteiger partial charge is 0.462 e. The number of sulfone groups is 1. The second-order valence-electron chi connectivity index (χ2n) is 4.27. The van der Waals surface area contributed by atoms with Crippen molar-refractivity contribution >= 4 is 27.1 Å². The molecule has 0 aliphatic carbocycles. The SMILES string of the molecule is CS(=O)(=O)c1cccc(C(=O)OCCc2cccs2)c1. The number of carbonyl (C=O) groups excluding carboxylic acids is 1. The maximum atomic E-state index is 11.8. The number of hydrogen-bond acceptors (Lipinski definition) is 5. The van der Waals surface area contributed by atoms with Crippen molar-refractivity contribution in [2.75, 3.05) is 12.9 Å². The van der Waals surface area contributed by atoms with Crippen LogP contribution < -0.4 is 0 Å². The summed E-state index contributed by atoms with van der Waals surface area (Å²) < 4.78 is 28.0. The van der Waals surface area contributed by atoms with Crippen LogP contribution in [0.25, 0.3) is 0 Å². The first-order valence-electron chi connectivity index (χ1n) is 5.96. The fourth-order valence-corrected chi connectivity index (χ4v) is 2.99. The van der Waals surface area contributed by atoms with Gasteiger partial charge in [-0.3, -0.25) is 0 Å². The molecule has 0 saturated carbocycles. The van der Waals surface area contributed by atoms with Crippen molar-refractivity contribution in [3.05, 3.63) is 52.2 Å². The molecule has 106 valence electrons. The number of ether oxygens (including phenoxy) is 1. The highest BCUT2D eigenvalue weighted by Gasteiger charge is 2.12. The Labute approximate surface area is 121 Å². The lowest BCUT2D eigenvalue weighted by molar-refractivity contribution is 0.0509. The van der Waals surface area contributed by atoms with E-state index < -0.39 is 15.8 Å². The van der Waals surface area contributed by atoms with Gasteiger partial charge in [0.25, 0.3) is 0 Å². The zero-order valence-electron chi connectivity index (χ0n) is 10.9. The minimum atomic E-state index is -3.32. The Morgan fingerprint density at radius 1 is 1.25 bits per heavy atom. The van der Waals surface area contributed by atoms with Crippen molar-refractivity contribution in [3.8, 4) is 0 Å². The lowest BCUT2D eigenvalue weighted by Crippen LogP contribution is -2.09. The van der Waals surface area contributed by atoms with Gasteiger partial charge in [-0.2, -0.15) is 0 Å². The van der Waals surface area contributed by atoms with Gasteiger partial charge in [0, 0.05) is 17.6 Å². The van der Waals surface area contributed by atoms with Crippen LogP contribution in [0.1, 0.15) is 15.2 Å². The quantitative estimate of drug-likeness (QED) is 0.796. The summed E-state index contributed by atoms with van der Waals surface area (Å²) in [6.45, 7) is 0.280. The molecule has 0 spiro atoms. The third-order valence-electron chi connectivity index (χ3n) is 2.66. The van der Waals surface area contributed by atoms with E-state index in [1.807, 2.05) is 17.5 Å². The van der Waals surface area contributed by atoms with Crippen molar-refractivity contribution in [3.63, 3.8) is 0 Å². The van der Waals surface area contributed by atoms with E-state index >= 15 is 0 Å². The van der Waals surface area contributed by atoms with E-state index in [1.54, 1.807) is 17.4 Å². The van der Waals surface area contributed by atoms with E-state index in [0.717, 1.165) is 11.1 Å². The van der Waals surface area contributed by atoms with Gasteiger partial charge in [-0.25, -0.2) is 13.2 Å². The Hall–Kier alpha value is -1.66. The Morgan fingerprint density at radius 2 is 2.05 bits per heavy atom. The van der Waals surface area contributed by atoms with Crippen LogP contribution in [0.2, 0.25) is 0 Å². The van der Waals surface area contributed by atoms with Gasteiger partial charge in [-0.1, -0.05) is 12.1 Å². The van der Waals surface area contributed by atoms with Gasteiger partial charge in [-0.15, -0.1) is 11.3 Å². The van der Waals surface area contributed by atoms with Crippen molar-refractivity contribution < 1.29 is 17.9 Å². The number of thiophene rings is 1. The molecule has 0 aliphatic heterocycles. The average Bonchev–Trinajstić information content (AvgIpc) is 2.91. The van der Waals surface area contributed by atoms with Crippen LogP contribution >= 0.6 is 11.3 Å². The summed E-state index contributed by atoms with van der Waals surface area (Å²) in [5, 5.41) is 1.97. The summed E-state index contributed by atoms with van der Waals surface area (Å²) in [6, 6.07) is 9.79. The van der Waals surface area contributed by atoms with E-state index in [-0.39, 0.29) is 17.1 Å². The van der Waals surface area contributed by atoms with Crippen LogP contribution in [0.4, 0.5) is 0 Å². The van der Waals surface area contributed by atoms with Gasteiger partial charge in [0.05, 0.1) is 17.1 Å². The third kappa shape index (κ3) is 3.91. The highest BCUT2D eigenvalue weighted by molar-refractivity contribution is 7.90. The van der Waals surface area contributed by atoms with E-state index in [9.17, 15) is 13.2 Å². The Balaban J connectivity index is 1.99. The van der Waals surface area contributed by atoms with Crippen LogP contribution in [0.5, 0.6) is 0 Å². The minimum Gasteiger partial charge on any atom is -0.462 e. The molecule has 2 rings (SSSR count). The average molecular weight is 310 g/mol. The molecule has 0 unspecified atom stereocenters. The number of benzene rings is 1. The Morgan fingerprint density at radius 3 is 2.70 bits per heavy atom. The number of carbonyl (C=O) groups is 1. The molecule has 20 heavy (non-hydrogen) atoms. The summed E-state index contributed by atoms with van der Waals surface area (Å²) in [7, 11) is -3.32. The smallest absolute Gasteiger partial charge is 0.338 e. The zero-order chi connectivity index (χ0) is 14.6. The molecule has 4 nitrogen and oxygen atoms in total. The Kier molecular flexibility index (Phi) is 4.57. The van der Waals surface area contributed by atoms with Gasteiger partial charge in [0.1, 0.15) is 0 Å². The topological polar surface area (TPSA) is 60.4 Å². The fraction of sp³-hybridized carbons (Fsp3) is 0.214. The van der Waals surface area contributed by atoms with E-state index in [1.165, 1.54) is 18.2 Å². The standard InChI is InChI=1S/C14H14O4S2/c1-20(16,17)13-6-2-4-11(10-13)14(15)18-8-7-12-5-3-9-19-12/h2-6,9-10H,7-8H2,1H3. The van der Waals surface area contributed by atoms with Gasteiger partial charge in [0.2, 0.25) is 0 Å². The number of hydrogen-bond donors (Lipinski definition) is 0. The molecular weight excluding hydrogens is 296 g/mol. The minimum absolute atomic E-state index is 0.116. The van der Waals surface area contributed by atoms with Crippen molar-refractivity contribution in [1.82, 2.24) is 0 Å². The lowest BCUT2D eigenvalue weighted by Gasteiger charge is -2.05. The van der Waals surface area contributed by atoms with Crippen molar-refractivity contribution in [2.45, 2.75) is 11.3 Å². The first kappa shape index (κ1) is 14.7.